The molecule has 1 aromatic rings. The lowest BCUT2D eigenvalue weighted by molar-refractivity contribution is -0.138. The molecule has 0 aliphatic rings. The highest BCUT2D eigenvalue weighted by Gasteiger charge is 2.11. The molecule has 0 heterocycles. The zero-order valence-electron chi connectivity index (χ0n) is 12.8. The van der Waals surface area contributed by atoms with Gasteiger partial charge in [-0.3, -0.25) is 4.79 Å². The first-order valence-electron chi connectivity index (χ1n) is 7.17. The number of carbonyl (C=O) groups excluding carboxylic acids is 2. The molecule has 0 aliphatic carbocycles. The van der Waals surface area contributed by atoms with Crippen molar-refractivity contribution in [3.63, 3.8) is 0 Å². The minimum absolute atomic E-state index is 0.0653. The van der Waals surface area contributed by atoms with Crippen molar-refractivity contribution in [3.05, 3.63) is 48.0 Å². The quantitative estimate of drug-likeness (QED) is 0.546. The Kier molecular flexibility index (Phi) is 7.23. The van der Waals surface area contributed by atoms with Gasteiger partial charge in [0, 0.05) is 25.6 Å². The normalized spacial score (nSPS) is 10.0. The molecule has 0 N–H and O–H groups in total. The third-order valence-corrected chi connectivity index (χ3v) is 3.12. The summed E-state index contributed by atoms with van der Waals surface area (Å²) in [5.74, 6) is -0.307. The number of nitrogens with zero attached hydrogens (tertiary/aromatic N) is 1. The number of rotatable bonds is 8. The van der Waals surface area contributed by atoms with Gasteiger partial charge in [-0.15, -0.1) is 0 Å². The van der Waals surface area contributed by atoms with Crippen LogP contribution in [0.4, 0.5) is 0 Å². The molecule has 0 radical (unpaired) electrons. The summed E-state index contributed by atoms with van der Waals surface area (Å²) in [6.45, 7) is 6.38. The Morgan fingerprint density at radius 2 is 1.86 bits per heavy atom. The van der Waals surface area contributed by atoms with Gasteiger partial charge in [0.15, 0.2) is 0 Å². The summed E-state index contributed by atoms with van der Waals surface area (Å²) < 4.78 is 4.85. The number of ether oxygens (including phenoxy) is 1. The molecule has 0 saturated heterocycles. The monoisotopic (exact) mass is 289 g/mol. The molecule has 0 aliphatic heterocycles. The second-order valence-corrected chi connectivity index (χ2v) is 4.91. The van der Waals surface area contributed by atoms with Crippen molar-refractivity contribution in [2.45, 2.75) is 32.7 Å². The van der Waals surface area contributed by atoms with Gasteiger partial charge in [-0.25, -0.2) is 4.79 Å². The van der Waals surface area contributed by atoms with Gasteiger partial charge in [-0.2, -0.15) is 0 Å². The number of hydrogen-bond acceptors (Lipinski definition) is 3. The lowest BCUT2D eigenvalue weighted by atomic mass is 10.1. The van der Waals surface area contributed by atoms with Gasteiger partial charge in [0.25, 0.3) is 0 Å². The number of carbonyl (C=O) groups is 2. The summed E-state index contributed by atoms with van der Waals surface area (Å²) in [6.07, 6.45) is 1.50. The van der Waals surface area contributed by atoms with Crippen molar-refractivity contribution in [1.82, 2.24) is 4.90 Å². The molecule has 1 amide bonds. The summed E-state index contributed by atoms with van der Waals surface area (Å²) in [5.41, 5.74) is 1.53. The van der Waals surface area contributed by atoms with Crippen LogP contribution >= 0.6 is 0 Å². The highest BCUT2D eigenvalue weighted by Crippen LogP contribution is 2.10. The second-order valence-electron chi connectivity index (χ2n) is 4.91. The lowest BCUT2D eigenvalue weighted by Crippen LogP contribution is -2.25. The van der Waals surface area contributed by atoms with Crippen molar-refractivity contribution >= 4 is 11.9 Å². The fourth-order valence-corrected chi connectivity index (χ4v) is 1.92. The van der Waals surface area contributed by atoms with Gasteiger partial charge in [0.1, 0.15) is 0 Å². The predicted molar refractivity (Wildman–Crippen MR) is 82.5 cm³/mol. The molecule has 0 bridgehead atoms. The maximum atomic E-state index is 12.0. The van der Waals surface area contributed by atoms with Crippen molar-refractivity contribution in [1.29, 1.82) is 0 Å². The zero-order chi connectivity index (χ0) is 15.7. The first-order chi connectivity index (χ1) is 10.0. The standard InChI is InChI=1S/C17H23NO3/c1-4-21-17(20)14(2)9-8-12-16(19)18(3)13-15-10-6-5-7-11-15/h5-7,10-11H,2,4,8-9,12-13H2,1,3H3. The van der Waals surface area contributed by atoms with Crippen LogP contribution in [0.15, 0.2) is 42.5 Å². The molecule has 0 aromatic heterocycles. The number of esters is 1. The molecule has 0 fully saturated rings. The summed E-state index contributed by atoms with van der Waals surface area (Å²) >= 11 is 0. The molecule has 21 heavy (non-hydrogen) atoms. The average molecular weight is 289 g/mol. The molecule has 1 aromatic carbocycles. The molecule has 0 unspecified atom stereocenters. The molecule has 4 heteroatoms. The Bertz CT molecular complexity index is 482. The first-order valence-corrected chi connectivity index (χ1v) is 7.17. The number of hydrogen-bond donors (Lipinski definition) is 0. The molecule has 0 saturated carbocycles. The summed E-state index contributed by atoms with van der Waals surface area (Å²) in [6, 6.07) is 9.85. The van der Waals surface area contributed by atoms with E-state index in [2.05, 4.69) is 6.58 Å². The van der Waals surface area contributed by atoms with E-state index in [4.69, 9.17) is 4.74 Å². The number of amides is 1. The minimum atomic E-state index is -0.373. The zero-order valence-corrected chi connectivity index (χ0v) is 12.8. The molecule has 114 valence electrons. The molecule has 0 atom stereocenters. The van der Waals surface area contributed by atoms with Crippen LogP contribution in [0.2, 0.25) is 0 Å². The Morgan fingerprint density at radius 3 is 2.48 bits per heavy atom. The van der Waals surface area contributed by atoms with Crippen molar-refractivity contribution in [2.24, 2.45) is 0 Å². The third-order valence-electron chi connectivity index (χ3n) is 3.12. The van der Waals surface area contributed by atoms with Crippen LogP contribution in [0.25, 0.3) is 0 Å². The molecular weight excluding hydrogens is 266 g/mol. The SMILES string of the molecule is C=C(CCCC(=O)N(C)Cc1ccccc1)C(=O)OCC. The highest BCUT2D eigenvalue weighted by molar-refractivity contribution is 5.87. The smallest absolute Gasteiger partial charge is 0.333 e. The molecule has 1 rings (SSSR count). The van der Waals surface area contributed by atoms with E-state index in [1.807, 2.05) is 30.3 Å². The Hall–Kier alpha value is -2.10. The van der Waals surface area contributed by atoms with Crippen LogP contribution in [0, 0.1) is 0 Å². The highest BCUT2D eigenvalue weighted by atomic mass is 16.5. The maximum absolute atomic E-state index is 12.0. The molecule has 0 spiro atoms. The van der Waals surface area contributed by atoms with E-state index in [0.717, 1.165) is 5.56 Å². The first kappa shape index (κ1) is 17.0. The number of benzene rings is 1. The second kappa shape index (κ2) is 8.95. The fourth-order valence-electron chi connectivity index (χ4n) is 1.92. The Morgan fingerprint density at radius 1 is 1.19 bits per heavy atom. The van der Waals surface area contributed by atoms with E-state index in [1.165, 1.54) is 0 Å². The van der Waals surface area contributed by atoms with E-state index >= 15 is 0 Å². The van der Waals surface area contributed by atoms with E-state index in [-0.39, 0.29) is 11.9 Å². The minimum Gasteiger partial charge on any atom is -0.463 e. The predicted octanol–water partition coefficient (Wildman–Crippen LogP) is 2.93. The Labute approximate surface area is 126 Å². The lowest BCUT2D eigenvalue weighted by Gasteiger charge is -2.17. The summed E-state index contributed by atoms with van der Waals surface area (Å²) in [7, 11) is 1.79. The third kappa shape index (κ3) is 6.25. The van der Waals surface area contributed by atoms with Crippen LogP contribution < -0.4 is 0 Å². The van der Waals surface area contributed by atoms with Gasteiger partial charge in [0.2, 0.25) is 5.91 Å². The van der Waals surface area contributed by atoms with Crippen molar-refractivity contribution in [3.8, 4) is 0 Å². The van der Waals surface area contributed by atoms with Crippen molar-refractivity contribution in [2.75, 3.05) is 13.7 Å². The molecule has 4 nitrogen and oxygen atoms in total. The largest absolute Gasteiger partial charge is 0.463 e. The summed E-state index contributed by atoms with van der Waals surface area (Å²) in [5, 5.41) is 0. The van der Waals surface area contributed by atoms with Crippen LogP contribution in [0.1, 0.15) is 31.7 Å². The van der Waals surface area contributed by atoms with Crippen LogP contribution in [0.3, 0.4) is 0 Å². The topological polar surface area (TPSA) is 46.6 Å². The van der Waals surface area contributed by atoms with Crippen LogP contribution in [0.5, 0.6) is 0 Å². The Balaban J connectivity index is 2.30. The van der Waals surface area contributed by atoms with Crippen molar-refractivity contribution < 1.29 is 14.3 Å². The van der Waals surface area contributed by atoms with Gasteiger partial charge in [0.05, 0.1) is 6.61 Å². The van der Waals surface area contributed by atoms with Crippen LogP contribution in [-0.4, -0.2) is 30.4 Å². The van der Waals surface area contributed by atoms with Gasteiger partial charge in [-0.05, 0) is 25.3 Å². The van der Waals surface area contributed by atoms with Gasteiger partial charge < -0.3 is 9.64 Å². The van der Waals surface area contributed by atoms with E-state index < -0.39 is 0 Å². The molecular formula is C17H23NO3. The average Bonchev–Trinajstić information content (AvgIpc) is 2.48. The van der Waals surface area contributed by atoms with Crippen LogP contribution in [-0.2, 0) is 20.9 Å². The van der Waals surface area contributed by atoms with Gasteiger partial charge in [-0.1, -0.05) is 36.9 Å². The van der Waals surface area contributed by atoms with Gasteiger partial charge >= 0.3 is 5.97 Å². The fraction of sp³-hybridized carbons (Fsp3) is 0.412. The maximum Gasteiger partial charge on any atom is 0.333 e. The van der Waals surface area contributed by atoms with E-state index in [0.29, 0.717) is 38.0 Å². The van der Waals surface area contributed by atoms with E-state index in [9.17, 15) is 9.59 Å². The van der Waals surface area contributed by atoms with E-state index in [1.54, 1.807) is 18.9 Å². The summed E-state index contributed by atoms with van der Waals surface area (Å²) in [4.78, 5) is 25.1.